The Morgan fingerprint density at radius 3 is 1.71 bits per heavy atom. The minimum Gasteiger partial charge on any atom is -0.209 e. The molecule has 0 saturated carbocycles. The molecule has 43 valence electrons. The fraction of sp³-hybridized carbons (Fsp3) is 1.00. The number of rotatable bonds is 1. The van der Waals surface area contributed by atoms with Gasteiger partial charge >= 0.3 is 0 Å². The number of hydrogen-bond donors (Lipinski definition) is 0. The van der Waals surface area contributed by atoms with Crippen LogP contribution < -0.4 is 0 Å². The fourth-order valence-electron chi connectivity index (χ4n) is 0. The third-order valence-corrected chi connectivity index (χ3v) is 1.66. The third kappa shape index (κ3) is 3.42. The molecule has 1 nitrogen and oxygen atoms in total. The highest BCUT2D eigenvalue weighted by Crippen LogP contribution is 2.23. The zero-order valence-electron chi connectivity index (χ0n) is 3.62. The summed E-state index contributed by atoms with van der Waals surface area (Å²) in [5.74, 6) is 0. The molecule has 0 aromatic carbocycles. The second-order valence-electron chi connectivity index (χ2n) is 1.29. The highest BCUT2D eigenvalue weighted by Gasteiger charge is 2.27. The minimum absolute atomic E-state index is 1.05. The summed E-state index contributed by atoms with van der Waals surface area (Å²) in [4.78, 5) is -1.05. The van der Waals surface area contributed by atoms with E-state index in [1.165, 1.54) is 6.92 Å². The molecule has 0 spiro atoms. The zero-order chi connectivity index (χ0) is 6.08. The van der Waals surface area contributed by atoms with Crippen molar-refractivity contribution in [1.82, 2.24) is 0 Å². The first-order valence-electron chi connectivity index (χ1n) is 1.62. The summed E-state index contributed by atoms with van der Waals surface area (Å²) in [6.07, 6.45) is 0. The molecular formula is C3H4Cl3O. The molecule has 4 heteroatoms. The van der Waals surface area contributed by atoms with Crippen molar-refractivity contribution >= 4 is 34.8 Å². The van der Waals surface area contributed by atoms with Crippen LogP contribution in [0.15, 0.2) is 0 Å². The van der Waals surface area contributed by atoms with Crippen LogP contribution >= 0.6 is 34.8 Å². The molecule has 0 aliphatic heterocycles. The Kier molecular flexibility index (Phi) is 2.69. The van der Waals surface area contributed by atoms with E-state index in [2.05, 4.69) is 0 Å². The molecule has 0 N–H and O–H groups in total. The monoisotopic (exact) mass is 161 g/mol. The normalized spacial score (nSPS) is 19.7. The Morgan fingerprint density at radius 2 is 1.71 bits per heavy atom. The van der Waals surface area contributed by atoms with Gasteiger partial charge in [0, 0.05) is 0 Å². The van der Waals surface area contributed by atoms with Gasteiger partial charge < -0.3 is 0 Å². The third-order valence-electron chi connectivity index (χ3n) is 0.390. The molecule has 0 aromatic rings. The average molecular weight is 162 g/mol. The second kappa shape index (κ2) is 2.40. The molecule has 0 aliphatic carbocycles. The van der Waals surface area contributed by atoms with E-state index in [1.54, 1.807) is 0 Å². The lowest BCUT2D eigenvalue weighted by Gasteiger charge is -2.10. The number of hydrogen-bond acceptors (Lipinski definition) is 0. The van der Waals surface area contributed by atoms with Gasteiger partial charge in [-0.15, -0.1) is 23.2 Å². The van der Waals surface area contributed by atoms with E-state index in [1.807, 2.05) is 0 Å². The van der Waals surface area contributed by atoms with Crippen molar-refractivity contribution in [3.63, 3.8) is 0 Å². The first kappa shape index (κ1) is 7.83. The van der Waals surface area contributed by atoms with Gasteiger partial charge in [0.25, 0.3) is 0 Å². The van der Waals surface area contributed by atoms with Gasteiger partial charge in [0.05, 0.1) is 0 Å². The van der Waals surface area contributed by atoms with E-state index in [4.69, 9.17) is 34.8 Å². The van der Waals surface area contributed by atoms with Crippen molar-refractivity contribution in [2.75, 3.05) is 0 Å². The summed E-state index contributed by atoms with van der Waals surface area (Å²) in [5.41, 5.74) is 0. The summed E-state index contributed by atoms with van der Waals surface area (Å²) >= 11 is 15.2. The molecule has 1 unspecified atom stereocenters. The zero-order valence-corrected chi connectivity index (χ0v) is 5.89. The van der Waals surface area contributed by atoms with Gasteiger partial charge in [0.1, 0.15) is 0 Å². The van der Waals surface area contributed by atoms with E-state index in [0.717, 1.165) is 0 Å². The predicted molar refractivity (Wildman–Crippen MR) is 30.4 cm³/mol. The quantitative estimate of drug-likeness (QED) is 0.527. The highest BCUT2D eigenvalue weighted by atomic mass is 35.5. The Hall–Kier alpha value is 0.830. The first-order chi connectivity index (χ1) is 2.94. The second-order valence-corrected chi connectivity index (χ2v) is 3.13. The van der Waals surface area contributed by atoms with Crippen molar-refractivity contribution in [1.29, 1.82) is 0 Å². The van der Waals surface area contributed by atoms with Crippen LogP contribution in [0.5, 0.6) is 0 Å². The maximum absolute atomic E-state index is 10.3. The first-order valence-corrected chi connectivity index (χ1v) is 2.87. The molecule has 0 fully saturated rings. The smallest absolute Gasteiger partial charge is 0.203 e. The van der Waals surface area contributed by atoms with Gasteiger partial charge in [-0.3, -0.25) is 0 Å². The summed E-state index contributed by atoms with van der Waals surface area (Å²) < 4.78 is 0. The van der Waals surface area contributed by atoms with E-state index >= 15 is 0 Å². The van der Waals surface area contributed by atoms with Gasteiger partial charge in [0.15, 0.2) is 4.84 Å². The minimum atomic E-state index is -1.75. The van der Waals surface area contributed by atoms with Crippen LogP contribution in [0.25, 0.3) is 0 Å². The molecule has 0 amide bonds. The number of halogens is 3. The predicted octanol–water partition coefficient (Wildman–Crippen LogP) is 2.18. The Labute approximate surface area is 57.2 Å². The fourth-order valence-corrected chi connectivity index (χ4v) is 0. The van der Waals surface area contributed by atoms with Crippen LogP contribution in [0, 0.1) is 0 Å². The van der Waals surface area contributed by atoms with Crippen molar-refractivity contribution in [2.24, 2.45) is 0 Å². The van der Waals surface area contributed by atoms with Crippen molar-refractivity contribution < 1.29 is 5.11 Å². The van der Waals surface area contributed by atoms with Gasteiger partial charge in [-0.25, -0.2) is 5.11 Å². The molecule has 0 heterocycles. The SMILES string of the molecule is CC([O])(Cl)C(Cl)Cl. The van der Waals surface area contributed by atoms with Gasteiger partial charge in [0.2, 0.25) is 5.06 Å². The molecular weight excluding hydrogens is 158 g/mol. The Bertz CT molecular complexity index is 55.7. The molecule has 0 bridgehead atoms. The maximum Gasteiger partial charge on any atom is 0.203 e. The molecule has 0 aliphatic rings. The lowest BCUT2D eigenvalue weighted by atomic mass is 10.5. The molecule has 7 heavy (non-hydrogen) atoms. The molecule has 1 atom stereocenters. The van der Waals surface area contributed by atoms with Crippen molar-refractivity contribution in [2.45, 2.75) is 16.8 Å². The van der Waals surface area contributed by atoms with Crippen LogP contribution in [-0.4, -0.2) is 9.90 Å². The average Bonchev–Trinajstić information content (AvgIpc) is 1.31. The van der Waals surface area contributed by atoms with Crippen LogP contribution in [0.2, 0.25) is 0 Å². The van der Waals surface area contributed by atoms with E-state index < -0.39 is 9.90 Å². The van der Waals surface area contributed by atoms with E-state index in [-0.39, 0.29) is 0 Å². The summed E-state index contributed by atoms with van der Waals surface area (Å²) in [6.45, 7) is 1.21. The van der Waals surface area contributed by atoms with Crippen molar-refractivity contribution in [3.8, 4) is 0 Å². The van der Waals surface area contributed by atoms with Gasteiger partial charge in [-0.2, -0.15) is 0 Å². The molecule has 0 saturated heterocycles. The summed E-state index contributed by atoms with van der Waals surface area (Å²) in [7, 11) is 0. The Morgan fingerprint density at radius 1 is 1.57 bits per heavy atom. The van der Waals surface area contributed by atoms with Crippen LogP contribution in [0.1, 0.15) is 6.92 Å². The van der Waals surface area contributed by atoms with Crippen LogP contribution in [0.4, 0.5) is 0 Å². The standard InChI is InChI=1S/C3H4Cl3O/c1-3(6,7)2(4)5/h2H,1H3. The van der Waals surface area contributed by atoms with E-state index in [9.17, 15) is 5.11 Å². The molecule has 0 aromatic heterocycles. The highest BCUT2D eigenvalue weighted by molar-refractivity contribution is 6.49. The van der Waals surface area contributed by atoms with E-state index in [0.29, 0.717) is 0 Å². The molecule has 0 rings (SSSR count). The largest absolute Gasteiger partial charge is 0.209 e. The van der Waals surface area contributed by atoms with Gasteiger partial charge in [-0.1, -0.05) is 11.6 Å². The van der Waals surface area contributed by atoms with Crippen molar-refractivity contribution in [3.05, 3.63) is 0 Å². The summed E-state index contributed by atoms with van der Waals surface area (Å²) in [5, 5.41) is 8.56. The Balaban J connectivity index is 3.54. The lowest BCUT2D eigenvalue weighted by Crippen LogP contribution is -2.21. The van der Waals surface area contributed by atoms with Crippen LogP contribution in [-0.2, 0) is 5.11 Å². The summed E-state index contributed by atoms with van der Waals surface area (Å²) in [6, 6.07) is 0. The lowest BCUT2D eigenvalue weighted by molar-refractivity contribution is 0.0766. The van der Waals surface area contributed by atoms with Crippen LogP contribution in [0.3, 0.4) is 0 Å². The topological polar surface area (TPSA) is 19.9 Å². The van der Waals surface area contributed by atoms with Gasteiger partial charge in [-0.05, 0) is 6.92 Å². The number of alkyl halides is 3. The molecule has 1 radical (unpaired) electrons. The maximum atomic E-state index is 10.3.